The number of carboxylic acid groups (broad SMARTS) is 1. The lowest BCUT2D eigenvalue weighted by Gasteiger charge is -2.39. The summed E-state index contributed by atoms with van der Waals surface area (Å²) in [5.41, 5.74) is 3.95. The van der Waals surface area contributed by atoms with Crippen molar-refractivity contribution in [1.82, 2.24) is 4.90 Å². The fraction of sp³-hybridized carbons (Fsp3) is 0.588. The molecule has 1 aliphatic heterocycles. The average Bonchev–Trinajstić information content (AvgIpc) is 3.27. The summed E-state index contributed by atoms with van der Waals surface area (Å²) < 4.78 is 0. The summed E-state index contributed by atoms with van der Waals surface area (Å²) in [4.78, 5) is 16.0. The van der Waals surface area contributed by atoms with Gasteiger partial charge in [0.2, 0.25) is 0 Å². The Kier molecular flexibility index (Phi) is 3.89. The monoisotopic (exact) mass is 288 g/mol. The highest BCUT2D eigenvalue weighted by Gasteiger charge is 2.41. The lowest BCUT2D eigenvalue weighted by molar-refractivity contribution is -0.144. The number of piperazine rings is 1. The highest BCUT2D eigenvalue weighted by molar-refractivity contribution is 5.74. The SMILES string of the molecule is Cc1cccc(N2CCN(C(C(=O)O)C3CC3)CC2)c1C. The van der Waals surface area contributed by atoms with Gasteiger partial charge in [0.15, 0.2) is 0 Å². The number of anilines is 1. The van der Waals surface area contributed by atoms with Crippen LogP contribution >= 0.6 is 0 Å². The van der Waals surface area contributed by atoms with Gasteiger partial charge >= 0.3 is 5.97 Å². The molecule has 1 saturated heterocycles. The zero-order chi connectivity index (χ0) is 15.0. The van der Waals surface area contributed by atoms with Crippen molar-refractivity contribution < 1.29 is 9.90 Å². The Morgan fingerprint density at radius 3 is 2.43 bits per heavy atom. The quantitative estimate of drug-likeness (QED) is 0.923. The molecule has 0 radical (unpaired) electrons. The van der Waals surface area contributed by atoms with E-state index in [4.69, 9.17) is 0 Å². The molecule has 114 valence electrons. The molecule has 1 aromatic carbocycles. The molecule has 1 heterocycles. The summed E-state index contributed by atoms with van der Waals surface area (Å²) >= 11 is 0. The Balaban J connectivity index is 1.67. The largest absolute Gasteiger partial charge is 0.480 e. The predicted octanol–water partition coefficient (Wildman–Crippen LogP) is 2.29. The van der Waals surface area contributed by atoms with Crippen LogP contribution in [-0.2, 0) is 4.79 Å². The van der Waals surface area contributed by atoms with Crippen LogP contribution in [0.2, 0.25) is 0 Å². The maximum absolute atomic E-state index is 11.5. The minimum Gasteiger partial charge on any atom is -0.480 e. The van der Waals surface area contributed by atoms with Gasteiger partial charge in [-0.25, -0.2) is 0 Å². The molecular weight excluding hydrogens is 264 g/mol. The molecule has 2 aliphatic rings. The molecule has 21 heavy (non-hydrogen) atoms. The van der Waals surface area contributed by atoms with Gasteiger partial charge in [0, 0.05) is 31.9 Å². The van der Waals surface area contributed by atoms with Crippen LogP contribution in [0.3, 0.4) is 0 Å². The standard InChI is InChI=1S/C17H24N2O2/c1-12-4-3-5-15(13(12)2)18-8-10-19(11-9-18)16(17(20)21)14-6-7-14/h3-5,14,16H,6-11H2,1-2H3,(H,20,21). The van der Waals surface area contributed by atoms with E-state index < -0.39 is 5.97 Å². The summed E-state index contributed by atoms with van der Waals surface area (Å²) in [7, 11) is 0. The first-order chi connectivity index (χ1) is 10.1. The molecular formula is C17H24N2O2. The van der Waals surface area contributed by atoms with Gasteiger partial charge in [-0.3, -0.25) is 9.69 Å². The van der Waals surface area contributed by atoms with E-state index in [1.54, 1.807) is 0 Å². The fourth-order valence-corrected chi connectivity index (χ4v) is 3.39. The van der Waals surface area contributed by atoms with Crippen molar-refractivity contribution >= 4 is 11.7 Å². The van der Waals surface area contributed by atoms with Crippen LogP contribution in [0.15, 0.2) is 18.2 Å². The molecule has 0 amide bonds. The number of carboxylic acids is 1. The first-order valence-corrected chi connectivity index (χ1v) is 7.86. The molecule has 4 nitrogen and oxygen atoms in total. The molecule has 1 aromatic rings. The van der Waals surface area contributed by atoms with Gasteiger partial charge in [0.05, 0.1) is 0 Å². The van der Waals surface area contributed by atoms with Gasteiger partial charge in [0.25, 0.3) is 0 Å². The maximum Gasteiger partial charge on any atom is 0.321 e. The summed E-state index contributed by atoms with van der Waals surface area (Å²) in [6.07, 6.45) is 2.16. The summed E-state index contributed by atoms with van der Waals surface area (Å²) in [6.45, 7) is 7.84. The lowest BCUT2D eigenvalue weighted by Crippen LogP contribution is -2.53. The third-order valence-corrected chi connectivity index (χ3v) is 4.95. The van der Waals surface area contributed by atoms with Crippen LogP contribution in [0, 0.1) is 19.8 Å². The second-order valence-electron chi connectivity index (χ2n) is 6.36. The van der Waals surface area contributed by atoms with E-state index in [0.717, 1.165) is 39.0 Å². The molecule has 0 aromatic heterocycles. The van der Waals surface area contributed by atoms with E-state index in [0.29, 0.717) is 5.92 Å². The number of hydrogen-bond acceptors (Lipinski definition) is 3. The predicted molar refractivity (Wildman–Crippen MR) is 83.8 cm³/mol. The summed E-state index contributed by atoms with van der Waals surface area (Å²) in [5.74, 6) is -0.257. The van der Waals surface area contributed by atoms with Crippen molar-refractivity contribution in [2.45, 2.75) is 32.7 Å². The van der Waals surface area contributed by atoms with Gasteiger partial charge in [0.1, 0.15) is 6.04 Å². The van der Waals surface area contributed by atoms with E-state index in [-0.39, 0.29) is 6.04 Å². The molecule has 1 atom stereocenters. The molecule has 3 rings (SSSR count). The van der Waals surface area contributed by atoms with Crippen LogP contribution < -0.4 is 4.90 Å². The zero-order valence-corrected chi connectivity index (χ0v) is 12.9. The number of aliphatic carboxylic acids is 1. The Bertz CT molecular complexity index is 532. The van der Waals surface area contributed by atoms with Crippen molar-refractivity contribution in [2.75, 3.05) is 31.1 Å². The molecule has 1 unspecified atom stereocenters. The van der Waals surface area contributed by atoms with Crippen LogP contribution in [-0.4, -0.2) is 48.2 Å². The van der Waals surface area contributed by atoms with Crippen molar-refractivity contribution in [2.24, 2.45) is 5.92 Å². The third-order valence-electron chi connectivity index (χ3n) is 4.95. The van der Waals surface area contributed by atoms with Gasteiger partial charge < -0.3 is 10.0 Å². The molecule has 1 saturated carbocycles. The third kappa shape index (κ3) is 2.91. The Morgan fingerprint density at radius 2 is 1.86 bits per heavy atom. The van der Waals surface area contributed by atoms with E-state index in [2.05, 4.69) is 41.8 Å². The van der Waals surface area contributed by atoms with Gasteiger partial charge in [-0.15, -0.1) is 0 Å². The van der Waals surface area contributed by atoms with Gasteiger partial charge in [-0.1, -0.05) is 12.1 Å². The van der Waals surface area contributed by atoms with Crippen molar-refractivity contribution in [3.63, 3.8) is 0 Å². The van der Waals surface area contributed by atoms with Crippen LogP contribution in [0.5, 0.6) is 0 Å². The van der Waals surface area contributed by atoms with Crippen LogP contribution in [0.1, 0.15) is 24.0 Å². The Morgan fingerprint density at radius 1 is 1.19 bits per heavy atom. The molecule has 1 N–H and O–H groups in total. The van der Waals surface area contributed by atoms with Gasteiger partial charge in [-0.05, 0) is 49.8 Å². The van der Waals surface area contributed by atoms with Crippen LogP contribution in [0.25, 0.3) is 0 Å². The highest BCUT2D eigenvalue weighted by atomic mass is 16.4. The maximum atomic E-state index is 11.5. The van der Waals surface area contributed by atoms with E-state index in [1.165, 1.54) is 16.8 Å². The number of aryl methyl sites for hydroxylation is 1. The van der Waals surface area contributed by atoms with E-state index in [9.17, 15) is 9.90 Å². The van der Waals surface area contributed by atoms with Crippen molar-refractivity contribution in [3.05, 3.63) is 29.3 Å². The minimum atomic E-state index is -0.641. The molecule has 1 aliphatic carbocycles. The Hall–Kier alpha value is -1.55. The topological polar surface area (TPSA) is 43.8 Å². The molecule has 4 heteroatoms. The number of hydrogen-bond donors (Lipinski definition) is 1. The smallest absolute Gasteiger partial charge is 0.321 e. The molecule has 2 fully saturated rings. The van der Waals surface area contributed by atoms with Crippen molar-refractivity contribution in [3.8, 4) is 0 Å². The summed E-state index contributed by atoms with van der Waals surface area (Å²) in [5, 5.41) is 9.44. The second-order valence-corrected chi connectivity index (χ2v) is 6.36. The highest BCUT2D eigenvalue weighted by Crippen LogP contribution is 2.36. The van der Waals surface area contributed by atoms with Gasteiger partial charge in [-0.2, -0.15) is 0 Å². The van der Waals surface area contributed by atoms with E-state index >= 15 is 0 Å². The van der Waals surface area contributed by atoms with E-state index in [1.807, 2.05) is 0 Å². The zero-order valence-electron chi connectivity index (χ0n) is 12.9. The number of benzene rings is 1. The average molecular weight is 288 g/mol. The minimum absolute atomic E-state index is 0.259. The second kappa shape index (κ2) is 5.68. The number of carbonyl (C=O) groups is 1. The number of rotatable bonds is 4. The first-order valence-electron chi connectivity index (χ1n) is 7.86. The normalized spacial score (nSPS) is 21.3. The Labute approximate surface area is 126 Å². The lowest BCUT2D eigenvalue weighted by atomic mass is 10.1. The first kappa shape index (κ1) is 14.4. The van der Waals surface area contributed by atoms with Crippen LogP contribution in [0.4, 0.5) is 5.69 Å². The summed E-state index contributed by atoms with van der Waals surface area (Å²) in [6, 6.07) is 6.16. The molecule has 0 bridgehead atoms. The molecule has 0 spiro atoms. The number of nitrogens with zero attached hydrogens (tertiary/aromatic N) is 2. The van der Waals surface area contributed by atoms with Crippen molar-refractivity contribution in [1.29, 1.82) is 0 Å². The fourth-order valence-electron chi connectivity index (χ4n) is 3.39.